The van der Waals surface area contributed by atoms with E-state index in [1.807, 2.05) is 43.5 Å². The Bertz CT molecular complexity index is 1150. The lowest BCUT2D eigenvalue weighted by Gasteiger charge is -2.10. The van der Waals surface area contributed by atoms with Crippen molar-refractivity contribution in [2.45, 2.75) is 39.0 Å². The van der Waals surface area contributed by atoms with Gasteiger partial charge in [-0.3, -0.25) is 9.59 Å². The van der Waals surface area contributed by atoms with Crippen LogP contribution < -0.4 is 10.6 Å². The molecule has 0 spiro atoms. The largest absolute Gasteiger partial charge is 0.345 e. The van der Waals surface area contributed by atoms with Gasteiger partial charge in [0.1, 0.15) is 0 Å². The molecule has 3 aromatic rings. The molecule has 0 atom stereocenters. The lowest BCUT2D eigenvalue weighted by Crippen LogP contribution is -2.24. The van der Waals surface area contributed by atoms with Crippen LogP contribution in [0.25, 0.3) is 0 Å². The van der Waals surface area contributed by atoms with Gasteiger partial charge in [0.2, 0.25) is 5.91 Å². The van der Waals surface area contributed by atoms with Crippen LogP contribution in [0.4, 0.5) is 5.69 Å². The maximum atomic E-state index is 12.4. The molecule has 2 aromatic carbocycles. The summed E-state index contributed by atoms with van der Waals surface area (Å²) in [5, 5.41) is 15.4. The van der Waals surface area contributed by atoms with Gasteiger partial charge in [-0.05, 0) is 62.2 Å². The van der Waals surface area contributed by atoms with Gasteiger partial charge in [0.25, 0.3) is 5.91 Å². The summed E-state index contributed by atoms with van der Waals surface area (Å²) >= 11 is 13.2. The number of nitrogens with one attached hydrogen (secondary N) is 2. The van der Waals surface area contributed by atoms with Crippen LogP contribution in [0.15, 0.2) is 41.6 Å². The second-order valence-electron chi connectivity index (χ2n) is 7.09. The van der Waals surface area contributed by atoms with Crippen LogP contribution in [-0.4, -0.2) is 32.3 Å². The van der Waals surface area contributed by atoms with Crippen molar-refractivity contribution in [2.75, 3.05) is 11.1 Å². The minimum atomic E-state index is -0.295. The molecular weight excluding hydrogens is 469 g/mol. The number of hydrogen-bond acceptors (Lipinski definition) is 5. The van der Waals surface area contributed by atoms with Crippen molar-refractivity contribution < 1.29 is 9.59 Å². The summed E-state index contributed by atoms with van der Waals surface area (Å²) < 4.78 is 1.86. The molecular formula is C22H23Cl2N5O2S. The minimum Gasteiger partial charge on any atom is -0.345 e. The first-order valence-electron chi connectivity index (χ1n) is 9.93. The van der Waals surface area contributed by atoms with E-state index in [1.54, 1.807) is 12.1 Å². The maximum Gasteiger partial charge on any atom is 0.251 e. The molecule has 0 saturated carbocycles. The molecule has 0 fully saturated rings. The van der Waals surface area contributed by atoms with Gasteiger partial charge in [-0.15, -0.1) is 10.2 Å². The highest BCUT2D eigenvalue weighted by atomic mass is 35.5. The van der Waals surface area contributed by atoms with Gasteiger partial charge in [0, 0.05) is 17.8 Å². The number of amides is 2. The highest BCUT2D eigenvalue weighted by Gasteiger charge is 2.15. The fraction of sp³-hybridized carbons (Fsp3) is 0.273. The molecule has 32 heavy (non-hydrogen) atoms. The van der Waals surface area contributed by atoms with Crippen LogP contribution in [0.5, 0.6) is 0 Å². The highest BCUT2D eigenvalue weighted by Crippen LogP contribution is 2.23. The second kappa shape index (κ2) is 10.8. The third-order valence-corrected chi connectivity index (χ3v) is 6.53. The summed E-state index contributed by atoms with van der Waals surface area (Å²) in [5.74, 6) is 0.369. The monoisotopic (exact) mass is 491 g/mol. The molecule has 0 saturated heterocycles. The number of aryl methyl sites for hydroxylation is 2. The number of rotatable bonds is 8. The number of benzene rings is 2. The summed E-state index contributed by atoms with van der Waals surface area (Å²) in [4.78, 5) is 24.7. The van der Waals surface area contributed by atoms with Crippen molar-refractivity contribution in [3.63, 3.8) is 0 Å². The van der Waals surface area contributed by atoms with Crippen molar-refractivity contribution in [1.29, 1.82) is 0 Å². The van der Waals surface area contributed by atoms with E-state index in [2.05, 4.69) is 20.8 Å². The third-order valence-electron chi connectivity index (χ3n) is 4.82. The van der Waals surface area contributed by atoms with Gasteiger partial charge < -0.3 is 15.2 Å². The van der Waals surface area contributed by atoms with E-state index < -0.39 is 0 Å². The zero-order chi connectivity index (χ0) is 23.3. The van der Waals surface area contributed by atoms with Gasteiger partial charge in [-0.2, -0.15) is 0 Å². The van der Waals surface area contributed by atoms with Gasteiger partial charge in [-0.1, -0.05) is 41.0 Å². The highest BCUT2D eigenvalue weighted by molar-refractivity contribution is 7.99. The summed E-state index contributed by atoms with van der Waals surface area (Å²) in [6.07, 6.45) is 0. The van der Waals surface area contributed by atoms with Crippen molar-refractivity contribution >= 4 is 52.5 Å². The topological polar surface area (TPSA) is 88.9 Å². The van der Waals surface area contributed by atoms with Crippen LogP contribution in [0.3, 0.4) is 0 Å². The van der Waals surface area contributed by atoms with Crippen LogP contribution in [0, 0.1) is 13.8 Å². The Kier molecular flexibility index (Phi) is 8.17. The number of carbonyl (C=O) groups is 2. The van der Waals surface area contributed by atoms with E-state index in [0.717, 1.165) is 11.3 Å². The SMILES string of the molecule is CCn1c(CNC(=O)c2ccc(Cl)c(Cl)c2)nnc1SCC(=O)Nc1ccc(C)c(C)c1. The normalized spacial score (nSPS) is 10.8. The number of anilines is 1. The average Bonchev–Trinajstić information content (AvgIpc) is 3.16. The Morgan fingerprint density at radius 1 is 1.03 bits per heavy atom. The third kappa shape index (κ3) is 6.03. The van der Waals surface area contributed by atoms with Gasteiger partial charge in [0.15, 0.2) is 11.0 Å². The van der Waals surface area contributed by atoms with E-state index in [-0.39, 0.29) is 24.1 Å². The fourth-order valence-corrected chi connectivity index (χ4v) is 4.04. The van der Waals surface area contributed by atoms with Gasteiger partial charge in [0.05, 0.1) is 22.3 Å². The Labute approximate surface area is 200 Å². The van der Waals surface area contributed by atoms with Crippen molar-refractivity contribution in [1.82, 2.24) is 20.1 Å². The zero-order valence-electron chi connectivity index (χ0n) is 17.9. The molecule has 7 nitrogen and oxygen atoms in total. The maximum absolute atomic E-state index is 12.4. The number of nitrogens with zero attached hydrogens (tertiary/aromatic N) is 3. The van der Waals surface area contributed by atoms with E-state index in [9.17, 15) is 9.59 Å². The lowest BCUT2D eigenvalue weighted by molar-refractivity contribution is -0.113. The first-order valence-corrected chi connectivity index (χ1v) is 11.7. The van der Waals surface area contributed by atoms with Crippen molar-refractivity contribution in [3.05, 3.63) is 69.0 Å². The molecule has 0 radical (unpaired) electrons. The Hall–Kier alpha value is -2.55. The molecule has 3 rings (SSSR count). The lowest BCUT2D eigenvalue weighted by atomic mass is 10.1. The quantitative estimate of drug-likeness (QED) is 0.438. The van der Waals surface area contributed by atoms with Crippen LogP contribution in [-0.2, 0) is 17.9 Å². The molecule has 1 aromatic heterocycles. The zero-order valence-corrected chi connectivity index (χ0v) is 20.2. The molecule has 0 unspecified atom stereocenters. The average molecular weight is 492 g/mol. The molecule has 2 N–H and O–H groups in total. The Morgan fingerprint density at radius 3 is 2.50 bits per heavy atom. The number of thioether (sulfide) groups is 1. The first-order chi connectivity index (χ1) is 15.3. The number of aromatic nitrogens is 3. The van der Waals surface area contributed by atoms with Gasteiger partial charge >= 0.3 is 0 Å². The van der Waals surface area contributed by atoms with Crippen LogP contribution >= 0.6 is 35.0 Å². The number of hydrogen-bond donors (Lipinski definition) is 2. The van der Waals surface area contributed by atoms with Crippen molar-refractivity contribution in [2.24, 2.45) is 0 Å². The summed E-state index contributed by atoms with van der Waals surface area (Å²) in [5.41, 5.74) is 3.46. The van der Waals surface area contributed by atoms with E-state index in [4.69, 9.17) is 23.2 Å². The summed E-state index contributed by atoms with van der Waals surface area (Å²) in [6, 6.07) is 10.5. The molecule has 168 valence electrons. The molecule has 0 aliphatic rings. The summed E-state index contributed by atoms with van der Waals surface area (Å²) in [7, 11) is 0. The first kappa shape index (κ1) is 24.1. The second-order valence-corrected chi connectivity index (χ2v) is 8.85. The molecule has 1 heterocycles. The van der Waals surface area contributed by atoms with Gasteiger partial charge in [-0.25, -0.2) is 0 Å². The predicted octanol–water partition coefficient (Wildman–Crippen LogP) is 4.88. The molecule has 0 aliphatic heterocycles. The van der Waals surface area contributed by atoms with E-state index in [1.165, 1.54) is 23.4 Å². The summed E-state index contributed by atoms with van der Waals surface area (Å²) in [6.45, 7) is 6.78. The Morgan fingerprint density at radius 2 is 1.81 bits per heavy atom. The smallest absolute Gasteiger partial charge is 0.251 e. The number of halogens is 2. The van der Waals surface area contributed by atoms with Crippen LogP contribution in [0.2, 0.25) is 10.0 Å². The van der Waals surface area contributed by atoms with Crippen LogP contribution in [0.1, 0.15) is 34.2 Å². The Balaban J connectivity index is 1.57. The fourth-order valence-electron chi connectivity index (χ4n) is 2.92. The van der Waals surface area contributed by atoms with E-state index in [0.29, 0.717) is 33.1 Å². The van der Waals surface area contributed by atoms with E-state index >= 15 is 0 Å². The molecule has 0 bridgehead atoms. The molecule has 0 aliphatic carbocycles. The molecule has 10 heteroatoms. The predicted molar refractivity (Wildman–Crippen MR) is 129 cm³/mol. The van der Waals surface area contributed by atoms with Crippen molar-refractivity contribution in [3.8, 4) is 0 Å². The molecule has 2 amide bonds. The standard InChI is InChI=1S/C22H23Cl2N5O2S/c1-4-29-19(11-25-21(31)15-6-8-17(23)18(24)10-15)27-28-22(29)32-12-20(30)26-16-7-5-13(2)14(3)9-16/h5-10H,4,11-12H2,1-3H3,(H,25,31)(H,26,30). The minimum absolute atomic E-state index is 0.127. The number of carbonyl (C=O) groups excluding carboxylic acids is 2.